The van der Waals surface area contributed by atoms with Gasteiger partial charge in [-0.1, -0.05) is 6.07 Å². The molecule has 0 aliphatic heterocycles. The van der Waals surface area contributed by atoms with Crippen molar-refractivity contribution < 1.29 is 9.34 Å². The number of hydrogen-bond donors (Lipinski definition) is 3. The molecule has 0 aliphatic rings. The molecule has 9 nitrogen and oxygen atoms in total. The van der Waals surface area contributed by atoms with Crippen LogP contribution in [0.2, 0.25) is 0 Å². The van der Waals surface area contributed by atoms with Crippen LogP contribution in [0.25, 0.3) is 0 Å². The van der Waals surface area contributed by atoms with E-state index in [4.69, 9.17) is 11.6 Å². The maximum atomic E-state index is 11.1. The average Bonchev–Trinajstić information content (AvgIpc) is 2.56. The van der Waals surface area contributed by atoms with Gasteiger partial charge in [0.1, 0.15) is 0 Å². The highest BCUT2D eigenvalue weighted by molar-refractivity contribution is 5.66. The zero-order valence-electron chi connectivity index (χ0n) is 8.99. The highest BCUT2D eigenvalue weighted by Gasteiger charge is 2.13. The van der Waals surface area contributed by atoms with Crippen molar-refractivity contribution in [2.45, 2.75) is 0 Å². The van der Waals surface area contributed by atoms with Gasteiger partial charge in [-0.25, -0.2) is 4.79 Å². The molecular formula is C9H9N5O4. The van der Waals surface area contributed by atoms with E-state index in [1.165, 1.54) is 18.2 Å². The Morgan fingerprint density at radius 2 is 2.17 bits per heavy atom. The quantitative estimate of drug-likeness (QED) is 0.406. The summed E-state index contributed by atoms with van der Waals surface area (Å²) < 4.78 is 5.23. The number of hydrogen-bond acceptors (Lipinski definition) is 7. The Kier molecular flexibility index (Phi) is 2.64. The van der Waals surface area contributed by atoms with Crippen LogP contribution in [0.15, 0.2) is 33.5 Å². The molecule has 0 spiro atoms. The van der Waals surface area contributed by atoms with Gasteiger partial charge in [-0.15, -0.1) is 0 Å². The Labute approximate surface area is 99.7 Å². The van der Waals surface area contributed by atoms with E-state index in [1.807, 2.05) is 0 Å². The third-order valence-corrected chi connectivity index (χ3v) is 2.19. The van der Waals surface area contributed by atoms with E-state index in [0.717, 1.165) is 0 Å². The fourth-order valence-electron chi connectivity index (χ4n) is 1.36. The van der Waals surface area contributed by atoms with Crippen molar-refractivity contribution in [1.29, 1.82) is 0 Å². The number of rotatable bonds is 3. The van der Waals surface area contributed by atoms with Crippen molar-refractivity contribution in [1.82, 2.24) is 4.68 Å². The summed E-state index contributed by atoms with van der Waals surface area (Å²) in [5.74, 6) is 4.38. The summed E-state index contributed by atoms with van der Waals surface area (Å²) in [6.45, 7) is 0. The lowest BCUT2D eigenvalue weighted by Crippen LogP contribution is -2.23. The van der Waals surface area contributed by atoms with Crippen LogP contribution in [-0.4, -0.2) is 9.60 Å². The van der Waals surface area contributed by atoms with Crippen LogP contribution in [0.1, 0.15) is 0 Å². The van der Waals surface area contributed by atoms with Crippen molar-refractivity contribution in [2.75, 3.05) is 16.9 Å². The Bertz CT molecular complexity index is 659. The number of nitrogens with zero attached hydrogens (tertiary/aromatic N) is 2. The highest BCUT2D eigenvalue weighted by Crippen LogP contribution is 2.23. The SMILES string of the molecule is Nc1oc(=O)n(N)c1Nc1cccc([N+](=O)[O-])c1. The molecule has 94 valence electrons. The fourth-order valence-corrected chi connectivity index (χ4v) is 1.36. The number of nitrogens with two attached hydrogens (primary N) is 2. The average molecular weight is 251 g/mol. The number of aromatic nitrogens is 1. The van der Waals surface area contributed by atoms with Gasteiger partial charge in [-0.3, -0.25) is 10.1 Å². The van der Waals surface area contributed by atoms with E-state index in [-0.39, 0.29) is 17.4 Å². The molecule has 0 unspecified atom stereocenters. The molecule has 1 heterocycles. The van der Waals surface area contributed by atoms with Gasteiger partial charge in [0.05, 0.1) is 4.92 Å². The van der Waals surface area contributed by atoms with Crippen molar-refractivity contribution in [3.63, 3.8) is 0 Å². The predicted molar refractivity (Wildman–Crippen MR) is 63.9 cm³/mol. The first-order valence-electron chi connectivity index (χ1n) is 4.77. The third-order valence-electron chi connectivity index (χ3n) is 2.19. The standard InChI is InChI=1S/C9H9N5O4/c10-7-8(13(11)9(15)18-7)12-5-2-1-3-6(4-5)14(16)17/h1-4,12H,10-11H2. The number of benzene rings is 1. The molecule has 18 heavy (non-hydrogen) atoms. The number of nitro benzene ring substituents is 1. The Morgan fingerprint density at radius 1 is 1.44 bits per heavy atom. The highest BCUT2D eigenvalue weighted by atomic mass is 16.6. The molecule has 2 rings (SSSR count). The largest absolute Gasteiger partial charge is 0.441 e. The number of anilines is 3. The summed E-state index contributed by atoms with van der Waals surface area (Å²) in [6, 6.07) is 5.65. The van der Waals surface area contributed by atoms with Crippen LogP contribution in [0.3, 0.4) is 0 Å². The van der Waals surface area contributed by atoms with Crippen LogP contribution in [0.5, 0.6) is 0 Å². The Balaban J connectivity index is 2.37. The molecular weight excluding hydrogens is 242 g/mol. The topological polar surface area (TPSA) is 142 Å². The number of nitrogens with one attached hydrogen (secondary N) is 1. The number of nitro groups is 1. The van der Waals surface area contributed by atoms with Crippen molar-refractivity contribution >= 4 is 23.1 Å². The molecule has 5 N–H and O–H groups in total. The second-order valence-electron chi connectivity index (χ2n) is 3.38. The minimum Gasteiger partial charge on any atom is -0.388 e. The number of non-ortho nitro benzene ring substituents is 1. The third kappa shape index (κ3) is 1.96. The van der Waals surface area contributed by atoms with Gasteiger partial charge in [-0.2, -0.15) is 4.68 Å². The molecule has 0 saturated heterocycles. The van der Waals surface area contributed by atoms with Crippen LogP contribution >= 0.6 is 0 Å². The van der Waals surface area contributed by atoms with E-state index >= 15 is 0 Å². The molecule has 0 amide bonds. The van der Waals surface area contributed by atoms with E-state index in [1.54, 1.807) is 6.07 Å². The van der Waals surface area contributed by atoms with Gasteiger partial charge in [0.2, 0.25) is 5.88 Å². The second kappa shape index (κ2) is 4.13. The maximum absolute atomic E-state index is 11.1. The summed E-state index contributed by atoms with van der Waals surface area (Å²) in [5.41, 5.74) is 5.68. The number of nitrogen functional groups attached to an aromatic ring is 2. The molecule has 0 radical (unpaired) electrons. The van der Waals surface area contributed by atoms with Gasteiger partial charge in [0.15, 0.2) is 5.82 Å². The van der Waals surface area contributed by atoms with Crippen molar-refractivity contribution in [2.24, 2.45) is 0 Å². The summed E-state index contributed by atoms with van der Waals surface area (Å²) in [5, 5.41) is 13.3. The molecule has 9 heteroatoms. The normalized spacial score (nSPS) is 10.2. The van der Waals surface area contributed by atoms with Crippen molar-refractivity contribution in [3.8, 4) is 0 Å². The first kappa shape index (κ1) is 11.5. The molecule has 0 aliphatic carbocycles. The smallest absolute Gasteiger partial charge is 0.388 e. The Morgan fingerprint density at radius 3 is 2.72 bits per heavy atom. The van der Waals surface area contributed by atoms with Gasteiger partial charge >= 0.3 is 5.76 Å². The molecule has 2 aromatic rings. The van der Waals surface area contributed by atoms with E-state index in [0.29, 0.717) is 10.4 Å². The summed E-state index contributed by atoms with van der Waals surface area (Å²) in [6.07, 6.45) is 0. The minimum atomic E-state index is -0.833. The van der Waals surface area contributed by atoms with Gasteiger partial charge in [0.25, 0.3) is 5.69 Å². The zero-order chi connectivity index (χ0) is 13.3. The lowest BCUT2D eigenvalue weighted by molar-refractivity contribution is -0.384. The second-order valence-corrected chi connectivity index (χ2v) is 3.38. The first-order valence-corrected chi connectivity index (χ1v) is 4.77. The van der Waals surface area contributed by atoms with E-state index < -0.39 is 10.7 Å². The lowest BCUT2D eigenvalue weighted by atomic mass is 10.3. The van der Waals surface area contributed by atoms with Crippen LogP contribution in [0, 0.1) is 10.1 Å². The molecule has 0 fully saturated rings. The zero-order valence-corrected chi connectivity index (χ0v) is 8.99. The molecule has 0 saturated carbocycles. The van der Waals surface area contributed by atoms with Gasteiger partial charge < -0.3 is 21.3 Å². The fraction of sp³-hybridized carbons (Fsp3) is 0. The van der Waals surface area contributed by atoms with Gasteiger partial charge in [-0.05, 0) is 6.07 Å². The summed E-state index contributed by atoms with van der Waals surface area (Å²) >= 11 is 0. The Hall–Kier alpha value is -2.97. The maximum Gasteiger partial charge on any atom is 0.441 e. The minimum absolute atomic E-state index is 0.0282. The van der Waals surface area contributed by atoms with Crippen LogP contribution < -0.4 is 22.6 Å². The van der Waals surface area contributed by atoms with Crippen molar-refractivity contribution in [3.05, 3.63) is 44.9 Å². The van der Waals surface area contributed by atoms with E-state index in [9.17, 15) is 14.9 Å². The molecule has 1 aromatic heterocycles. The van der Waals surface area contributed by atoms with Gasteiger partial charge in [0, 0.05) is 17.8 Å². The predicted octanol–water partition coefficient (Wildman–Crippen LogP) is 0.389. The monoisotopic (exact) mass is 251 g/mol. The van der Waals surface area contributed by atoms with Crippen LogP contribution in [-0.2, 0) is 0 Å². The molecule has 0 bridgehead atoms. The lowest BCUT2D eigenvalue weighted by Gasteiger charge is -2.05. The first-order chi connectivity index (χ1) is 8.49. The van der Waals surface area contributed by atoms with Crippen LogP contribution in [0.4, 0.5) is 23.1 Å². The molecule has 0 atom stereocenters. The summed E-state index contributed by atoms with van der Waals surface area (Å²) in [7, 11) is 0. The summed E-state index contributed by atoms with van der Waals surface area (Å²) in [4.78, 5) is 21.1. The van der Waals surface area contributed by atoms with E-state index in [2.05, 4.69) is 9.73 Å². The molecule has 1 aromatic carbocycles. The number of oxazole rings is 1.